The largest absolute Gasteiger partial charge is 0.447 e. The summed E-state index contributed by atoms with van der Waals surface area (Å²) in [6, 6.07) is 7.27. The van der Waals surface area contributed by atoms with Crippen LogP contribution in [-0.2, 0) is 4.74 Å². The third kappa shape index (κ3) is 5.21. The van der Waals surface area contributed by atoms with Gasteiger partial charge in [0.2, 0.25) is 0 Å². The zero-order valence-electron chi connectivity index (χ0n) is 16.4. The molecule has 6 nitrogen and oxygen atoms in total. The average molecular weight is 361 g/mol. The van der Waals surface area contributed by atoms with E-state index in [4.69, 9.17) is 4.74 Å². The molecule has 1 fully saturated rings. The minimum absolute atomic E-state index is 0.0141. The van der Waals surface area contributed by atoms with E-state index >= 15 is 0 Å². The van der Waals surface area contributed by atoms with Crippen molar-refractivity contribution in [3.8, 4) is 0 Å². The van der Waals surface area contributed by atoms with Gasteiger partial charge in [0.25, 0.3) is 5.91 Å². The number of hydrogen-bond acceptors (Lipinski definition) is 4. The first-order chi connectivity index (χ1) is 12.5. The Bertz CT molecular complexity index is 614. The van der Waals surface area contributed by atoms with E-state index in [9.17, 15) is 9.59 Å². The predicted octanol–water partition coefficient (Wildman–Crippen LogP) is 3.08. The van der Waals surface area contributed by atoms with Gasteiger partial charge in [-0.1, -0.05) is 33.8 Å². The fraction of sp³-hybridized carbons (Fsp3) is 0.600. The molecule has 2 amide bonds. The molecule has 1 aliphatic rings. The smallest absolute Gasteiger partial charge is 0.414 e. The van der Waals surface area contributed by atoms with Gasteiger partial charge in [-0.15, -0.1) is 0 Å². The van der Waals surface area contributed by atoms with Gasteiger partial charge in [-0.25, -0.2) is 4.79 Å². The second kappa shape index (κ2) is 9.57. The number of carbonyl (C=O) groups excluding carboxylic acids is 2. The summed E-state index contributed by atoms with van der Waals surface area (Å²) in [6.45, 7) is 13.7. The molecule has 0 unspecified atom stereocenters. The molecule has 1 aromatic carbocycles. The maximum Gasteiger partial charge on any atom is 0.414 e. The van der Waals surface area contributed by atoms with Gasteiger partial charge in [-0.05, 0) is 37.2 Å². The monoisotopic (exact) mass is 361 g/mol. The lowest BCUT2D eigenvalue weighted by Gasteiger charge is -2.28. The molecule has 0 atom stereocenters. The van der Waals surface area contributed by atoms with Crippen molar-refractivity contribution in [2.45, 2.75) is 27.7 Å². The molecule has 0 spiro atoms. The Morgan fingerprint density at radius 3 is 2.54 bits per heavy atom. The van der Waals surface area contributed by atoms with Crippen LogP contribution in [0, 0.1) is 5.92 Å². The molecule has 1 saturated heterocycles. The summed E-state index contributed by atoms with van der Waals surface area (Å²) in [5.41, 5.74) is 1.33. The lowest BCUT2D eigenvalue weighted by atomic mass is 10.1. The minimum Gasteiger partial charge on any atom is -0.447 e. The summed E-state index contributed by atoms with van der Waals surface area (Å²) in [4.78, 5) is 30.7. The van der Waals surface area contributed by atoms with Gasteiger partial charge < -0.3 is 14.5 Å². The van der Waals surface area contributed by atoms with Crippen molar-refractivity contribution in [3.63, 3.8) is 0 Å². The van der Waals surface area contributed by atoms with Crippen LogP contribution < -0.4 is 4.90 Å². The van der Waals surface area contributed by atoms with Crippen LogP contribution in [0.3, 0.4) is 0 Å². The first-order valence-corrected chi connectivity index (χ1v) is 9.52. The third-order valence-corrected chi connectivity index (χ3v) is 4.62. The van der Waals surface area contributed by atoms with Gasteiger partial charge in [-0.2, -0.15) is 0 Å². The highest BCUT2D eigenvalue weighted by Crippen LogP contribution is 2.21. The summed E-state index contributed by atoms with van der Waals surface area (Å²) in [7, 11) is 0. The Balaban J connectivity index is 2.14. The van der Waals surface area contributed by atoms with Crippen molar-refractivity contribution in [2.24, 2.45) is 5.92 Å². The first kappa shape index (κ1) is 20.2. The highest BCUT2D eigenvalue weighted by Gasteiger charge is 2.25. The lowest BCUT2D eigenvalue weighted by molar-refractivity contribution is 0.0716. The number of hydrogen-bond donors (Lipinski definition) is 0. The Labute approximate surface area is 156 Å². The molecule has 0 N–H and O–H groups in total. The Morgan fingerprint density at radius 2 is 1.96 bits per heavy atom. The maximum absolute atomic E-state index is 13.1. The van der Waals surface area contributed by atoms with Crippen LogP contribution in [0.1, 0.15) is 38.1 Å². The number of amides is 2. The second-order valence-corrected chi connectivity index (χ2v) is 6.99. The number of benzene rings is 1. The Morgan fingerprint density at radius 1 is 1.23 bits per heavy atom. The second-order valence-electron chi connectivity index (χ2n) is 6.99. The fourth-order valence-corrected chi connectivity index (χ4v) is 3.14. The van der Waals surface area contributed by atoms with Crippen LogP contribution >= 0.6 is 0 Å². The molecular weight excluding hydrogens is 330 g/mol. The van der Waals surface area contributed by atoms with Crippen LogP contribution in [0.5, 0.6) is 0 Å². The van der Waals surface area contributed by atoms with Gasteiger partial charge in [0, 0.05) is 30.9 Å². The van der Waals surface area contributed by atoms with E-state index in [0.717, 1.165) is 26.2 Å². The summed E-state index contributed by atoms with van der Waals surface area (Å²) < 4.78 is 5.00. The van der Waals surface area contributed by atoms with E-state index in [1.54, 1.807) is 11.0 Å². The molecule has 26 heavy (non-hydrogen) atoms. The molecular formula is C20H31N3O3. The van der Waals surface area contributed by atoms with Gasteiger partial charge in [0.05, 0.1) is 6.54 Å². The summed E-state index contributed by atoms with van der Waals surface area (Å²) in [6.07, 6.45) is -0.352. The standard InChI is InChI=1S/C20H31N3O3/c1-5-21(6-2)10-11-22(15-16(3)4)19(24)17-8-7-9-18(14-17)23-12-13-26-20(23)25/h7-9,14,16H,5-6,10-13,15H2,1-4H3. The van der Waals surface area contributed by atoms with Crippen LogP contribution in [0.4, 0.5) is 10.5 Å². The van der Waals surface area contributed by atoms with Gasteiger partial charge in [0.1, 0.15) is 6.61 Å². The number of cyclic esters (lactones) is 1. The molecule has 0 aliphatic carbocycles. The fourth-order valence-electron chi connectivity index (χ4n) is 3.14. The van der Waals surface area contributed by atoms with E-state index in [1.165, 1.54) is 0 Å². The van der Waals surface area contributed by atoms with E-state index < -0.39 is 0 Å². The predicted molar refractivity (Wildman–Crippen MR) is 104 cm³/mol. The molecule has 6 heteroatoms. The van der Waals surface area contributed by atoms with Crippen LogP contribution in [0.25, 0.3) is 0 Å². The molecule has 1 heterocycles. The van der Waals surface area contributed by atoms with Gasteiger partial charge >= 0.3 is 6.09 Å². The zero-order chi connectivity index (χ0) is 19.1. The van der Waals surface area contributed by atoms with Crippen LogP contribution in [-0.4, -0.2) is 67.7 Å². The average Bonchev–Trinajstić information content (AvgIpc) is 3.06. The number of nitrogens with zero attached hydrogens (tertiary/aromatic N) is 3. The minimum atomic E-state index is -0.352. The molecule has 0 aromatic heterocycles. The number of likely N-dealkylation sites (N-methyl/N-ethyl adjacent to an activating group) is 1. The Hall–Kier alpha value is -2.08. The third-order valence-electron chi connectivity index (χ3n) is 4.62. The van der Waals surface area contributed by atoms with Crippen LogP contribution in [0.2, 0.25) is 0 Å². The molecule has 1 aliphatic heterocycles. The normalized spacial score (nSPS) is 14.2. The maximum atomic E-state index is 13.1. The highest BCUT2D eigenvalue weighted by molar-refractivity contribution is 5.97. The Kier molecular flexibility index (Phi) is 7.45. The lowest BCUT2D eigenvalue weighted by Crippen LogP contribution is -2.40. The quantitative estimate of drug-likeness (QED) is 0.678. The van der Waals surface area contributed by atoms with Crippen molar-refractivity contribution >= 4 is 17.7 Å². The van der Waals surface area contributed by atoms with Crippen molar-refractivity contribution in [1.82, 2.24) is 9.80 Å². The molecule has 0 bridgehead atoms. The molecule has 0 radical (unpaired) electrons. The van der Waals surface area contributed by atoms with Crippen molar-refractivity contribution in [3.05, 3.63) is 29.8 Å². The number of ether oxygens (including phenoxy) is 1. The van der Waals surface area contributed by atoms with Crippen molar-refractivity contribution in [1.29, 1.82) is 0 Å². The number of carbonyl (C=O) groups is 2. The van der Waals surface area contributed by atoms with E-state index in [2.05, 4.69) is 32.6 Å². The van der Waals surface area contributed by atoms with E-state index in [1.807, 2.05) is 23.1 Å². The van der Waals surface area contributed by atoms with Gasteiger partial charge in [0.15, 0.2) is 0 Å². The van der Waals surface area contributed by atoms with Gasteiger partial charge in [-0.3, -0.25) is 9.69 Å². The zero-order valence-corrected chi connectivity index (χ0v) is 16.4. The summed E-state index contributed by atoms with van der Waals surface area (Å²) >= 11 is 0. The first-order valence-electron chi connectivity index (χ1n) is 9.52. The number of rotatable bonds is 9. The topological polar surface area (TPSA) is 53.1 Å². The summed E-state index contributed by atoms with van der Waals surface area (Å²) in [5.74, 6) is 0.410. The number of anilines is 1. The highest BCUT2D eigenvalue weighted by atomic mass is 16.6. The van der Waals surface area contributed by atoms with E-state index in [-0.39, 0.29) is 12.0 Å². The van der Waals surface area contributed by atoms with Crippen molar-refractivity contribution in [2.75, 3.05) is 50.8 Å². The SMILES string of the molecule is CCN(CC)CCN(CC(C)C)C(=O)c1cccc(N2CCOC2=O)c1. The van der Waals surface area contributed by atoms with E-state index in [0.29, 0.717) is 36.9 Å². The molecule has 2 rings (SSSR count). The molecule has 144 valence electrons. The molecule has 0 saturated carbocycles. The van der Waals surface area contributed by atoms with Crippen LogP contribution in [0.15, 0.2) is 24.3 Å². The summed E-state index contributed by atoms with van der Waals surface area (Å²) in [5, 5.41) is 0. The molecule has 1 aromatic rings. The van der Waals surface area contributed by atoms with Crippen molar-refractivity contribution < 1.29 is 14.3 Å².